The summed E-state index contributed by atoms with van der Waals surface area (Å²) in [6, 6.07) is 0. The van der Waals surface area contributed by atoms with Gasteiger partial charge >= 0.3 is 5.97 Å². The van der Waals surface area contributed by atoms with Gasteiger partial charge < -0.3 is 4.74 Å². The predicted octanol–water partition coefficient (Wildman–Crippen LogP) is 4.71. The molecule has 1 rings (SSSR count). The molecule has 1 heterocycles. The SMILES string of the molecule is CCC.CCCC.CC[C@]1(C)CCC(=O)O1. The lowest BCUT2D eigenvalue weighted by Crippen LogP contribution is -2.21. The topological polar surface area (TPSA) is 26.3 Å². The Morgan fingerprint density at radius 3 is 1.69 bits per heavy atom. The molecule has 16 heavy (non-hydrogen) atoms. The second-order valence-electron chi connectivity index (χ2n) is 4.48. The average Bonchev–Trinajstić information content (AvgIpc) is 2.61. The van der Waals surface area contributed by atoms with Gasteiger partial charge in [0.05, 0.1) is 0 Å². The summed E-state index contributed by atoms with van der Waals surface area (Å²) in [5.41, 5.74) is -0.142. The van der Waals surface area contributed by atoms with Crippen molar-refractivity contribution < 1.29 is 9.53 Å². The fraction of sp³-hybridized carbons (Fsp3) is 0.929. The third kappa shape index (κ3) is 10.0. The molecule has 1 atom stereocenters. The highest BCUT2D eigenvalue weighted by Crippen LogP contribution is 2.28. The summed E-state index contributed by atoms with van der Waals surface area (Å²) >= 11 is 0. The normalized spacial score (nSPS) is 22.5. The third-order valence-corrected chi connectivity index (χ3v) is 2.47. The number of cyclic esters (lactones) is 1. The lowest BCUT2D eigenvalue weighted by atomic mass is 10.0. The Bertz CT molecular complexity index is 164. The van der Waals surface area contributed by atoms with E-state index in [9.17, 15) is 4.79 Å². The molecule has 0 aromatic carbocycles. The van der Waals surface area contributed by atoms with Gasteiger partial charge in [-0.05, 0) is 19.8 Å². The first kappa shape index (κ1) is 17.9. The number of carbonyl (C=O) groups is 1. The highest BCUT2D eigenvalue weighted by Gasteiger charge is 2.33. The molecule has 0 bridgehead atoms. The Morgan fingerprint density at radius 1 is 1.12 bits per heavy atom. The number of hydrogen-bond donors (Lipinski definition) is 0. The molecular weight excluding hydrogens is 200 g/mol. The summed E-state index contributed by atoms with van der Waals surface area (Å²) in [5, 5.41) is 0. The van der Waals surface area contributed by atoms with Gasteiger partial charge in [0.15, 0.2) is 0 Å². The number of unbranched alkanes of at least 4 members (excludes halogenated alkanes) is 1. The summed E-state index contributed by atoms with van der Waals surface area (Å²) in [4.78, 5) is 10.6. The van der Waals surface area contributed by atoms with Gasteiger partial charge in [0, 0.05) is 6.42 Å². The Hall–Kier alpha value is -0.530. The number of rotatable bonds is 2. The van der Waals surface area contributed by atoms with E-state index in [1.54, 1.807) is 0 Å². The molecule has 0 saturated carbocycles. The van der Waals surface area contributed by atoms with Crippen molar-refractivity contribution in [3.05, 3.63) is 0 Å². The molecule has 0 unspecified atom stereocenters. The zero-order valence-corrected chi connectivity index (χ0v) is 12.1. The highest BCUT2D eigenvalue weighted by atomic mass is 16.6. The monoisotopic (exact) mass is 230 g/mol. The smallest absolute Gasteiger partial charge is 0.306 e. The molecule has 0 N–H and O–H groups in total. The van der Waals surface area contributed by atoms with Crippen LogP contribution in [-0.2, 0) is 9.53 Å². The molecule has 2 heteroatoms. The van der Waals surface area contributed by atoms with Crippen LogP contribution >= 0.6 is 0 Å². The summed E-state index contributed by atoms with van der Waals surface area (Å²) in [6.07, 6.45) is 6.31. The van der Waals surface area contributed by atoms with Gasteiger partial charge in [-0.25, -0.2) is 0 Å². The van der Waals surface area contributed by atoms with Crippen molar-refractivity contribution >= 4 is 5.97 Å². The van der Waals surface area contributed by atoms with E-state index in [0.717, 1.165) is 12.8 Å². The number of ether oxygens (including phenoxy) is 1. The van der Waals surface area contributed by atoms with Gasteiger partial charge in [-0.2, -0.15) is 0 Å². The zero-order valence-electron chi connectivity index (χ0n) is 12.1. The molecule has 1 saturated heterocycles. The van der Waals surface area contributed by atoms with Gasteiger partial charge in [-0.15, -0.1) is 0 Å². The molecule has 0 spiro atoms. The van der Waals surface area contributed by atoms with Crippen LogP contribution in [0.4, 0.5) is 0 Å². The Morgan fingerprint density at radius 2 is 1.56 bits per heavy atom. The maximum atomic E-state index is 10.6. The van der Waals surface area contributed by atoms with Crippen molar-refractivity contribution in [2.24, 2.45) is 0 Å². The second-order valence-corrected chi connectivity index (χ2v) is 4.48. The van der Waals surface area contributed by atoms with Crippen LogP contribution in [0.3, 0.4) is 0 Å². The van der Waals surface area contributed by atoms with Gasteiger partial charge in [-0.3, -0.25) is 4.79 Å². The number of carbonyl (C=O) groups excluding carboxylic acids is 1. The molecular formula is C14H30O2. The molecule has 2 nitrogen and oxygen atoms in total. The van der Waals surface area contributed by atoms with Crippen LogP contribution < -0.4 is 0 Å². The minimum atomic E-state index is -0.142. The maximum absolute atomic E-state index is 10.6. The number of hydrogen-bond acceptors (Lipinski definition) is 2. The quantitative estimate of drug-likeness (QED) is 0.642. The largest absolute Gasteiger partial charge is 0.459 e. The van der Waals surface area contributed by atoms with Crippen molar-refractivity contribution in [3.8, 4) is 0 Å². The van der Waals surface area contributed by atoms with Crippen molar-refractivity contribution in [1.29, 1.82) is 0 Å². The molecule has 0 amide bonds. The van der Waals surface area contributed by atoms with Crippen molar-refractivity contribution in [2.45, 2.75) is 85.7 Å². The van der Waals surface area contributed by atoms with Gasteiger partial charge in [0.2, 0.25) is 0 Å². The minimum absolute atomic E-state index is 0.0423. The summed E-state index contributed by atoms with van der Waals surface area (Å²) in [7, 11) is 0. The molecule has 1 aliphatic rings. The second kappa shape index (κ2) is 11.0. The van der Waals surface area contributed by atoms with E-state index in [1.165, 1.54) is 19.3 Å². The fourth-order valence-corrected chi connectivity index (χ4v) is 0.992. The third-order valence-electron chi connectivity index (χ3n) is 2.47. The summed E-state index contributed by atoms with van der Waals surface area (Å²) in [6.45, 7) is 12.6. The molecule has 98 valence electrons. The Labute approximate surface area is 102 Å². The van der Waals surface area contributed by atoms with Crippen LogP contribution in [0.2, 0.25) is 0 Å². The summed E-state index contributed by atoms with van der Waals surface area (Å²) in [5.74, 6) is -0.0423. The maximum Gasteiger partial charge on any atom is 0.306 e. The Kier molecular flexibility index (Phi) is 12.2. The average molecular weight is 230 g/mol. The first-order chi connectivity index (χ1) is 7.49. The van der Waals surface area contributed by atoms with E-state index in [4.69, 9.17) is 4.74 Å². The molecule has 0 aromatic rings. The zero-order chi connectivity index (χ0) is 13.0. The van der Waals surface area contributed by atoms with Crippen LogP contribution in [0, 0.1) is 0 Å². The van der Waals surface area contributed by atoms with Gasteiger partial charge in [0.25, 0.3) is 0 Å². The van der Waals surface area contributed by atoms with Crippen LogP contribution in [0.5, 0.6) is 0 Å². The van der Waals surface area contributed by atoms with Gasteiger partial charge in [-0.1, -0.05) is 53.9 Å². The Balaban J connectivity index is 0. The molecule has 0 aromatic heterocycles. The predicted molar refractivity (Wildman–Crippen MR) is 70.6 cm³/mol. The fourth-order valence-electron chi connectivity index (χ4n) is 0.992. The van der Waals surface area contributed by atoms with E-state index in [-0.39, 0.29) is 11.6 Å². The van der Waals surface area contributed by atoms with Crippen LogP contribution in [-0.4, -0.2) is 11.6 Å². The molecule has 0 aliphatic carbocycles. The molecule has 0 radical (unpaired) electrons. The lowest BCUT2D eigenvalue weighted by molar-refractivity contribution is -0.147. The van der Waals surface area contributed by atoms with E-state index < -0.39 is 0 Å². The lowest BCUT2D eigenvalue weighted by Gasteiger charge is -2.19. The standard InChI is InChI=1S/C7H12O2.C4H10.C3H8/c1-3-7(2)5-4-6(8)9-7;1-3-4-2;1-3-2/h3-5H2,1-2H3;3-4H2,1-2H3;3H2,1-2H3/t7-;;/m1../s1. The van der Waals surface area contributed by atoms with E-state index >= 15 is 0 Å². The van der Waals surface area contributed by atoms with Gasteiger partial charge in [0.1, 0.15) is 5.60 Å². The molecule has 1 fully saturated rings. The van der Waals surface area contributed by atoms with Crippen molar-refractivity contribution in [2.75, 3.05) is 0 Å². The van der Waals surface area contributed by atoms with E-state index in [2.05, 4.69) is 27.7 Å². The van der Waals surface area contributed by atoms with Crippen molar-refractivity contribution in [1.82, 2.24) is 0 Å². The highest BCUT2D eigenvalue weighted by molar-refractivity contribution is 5.72. The van der Waals surface area contributed by atoms with Crippen LogP contribution in [0.25, 0.3) is 0 Å². The number of esters is 1. The van der Waals surface area contributed by atoms with E-state index in [1.807, 2.05) is 13.8 Å². The summed E-state index contributed by atoms with van der Waals surface area (Å²) < 4.78 is 5.06. The van der Waals surface area contributed by atoms with Crippen LogP contribution in [0.15, 0.2) is 0 Å². The van der Waals surface area contributed by atoms with Crippen molar-refractivity contribution in [3.63, 3.8) is 0 Å². The first-order valence-corrected chi connectivity index (χ1v) is 6.71. The minimum Gasteiger partial charge on any atom is -0.459 e. The molecule has 1 aliphatic heterocycles. The van der Waals surface area contributed by atoms with Crippen LogP contribution in [0.1, 0.15) is 80.1 Å². The van der Waals surface area contributed by atoms with E-state index in [0.29, 0.717) is 6.42 Å². The first-order valence-electron chi connectivity index (χ1n) is 6.71.